The second-order valence-corrected chi connectivity index (χ2v) is 6.35. The molecule has 0 saturated heterocycles. The van der Waals surface area contributed by atoms with E-state index in [1.54, 1.807) is 41.5 Å². The summed E-state index contributed by atoms with van der Waals surface area (Å²) in [5.74, 6) is 0.793. The van der Waals surface area contributed by atoms with Crippen molar-refractivity contribution in [3.63, 3.8) is 0 Å². The average molecular weight is 374 g/mol. The third-order valence-electron chi connectivity index (χ3n) is 3.91. The van der Waals surface area contributed by atoms with E-state index in [4.69, 9.17) is 16.0 Å². The van der Waals surface area contributed by atoms with Crippen molar-refractivity contribution in [1.82, 2.24) is 20.0 Å². The van der Waals surface area contributed by atoms with Crippen LogP contribution in [0.5, 0.6) is 0 Å². The molecule has 26 heavy (non-hydrogen) atoms. The van der Waals surface area contributed by atoms with Crippen LogP contribution in [0.4, 0.5) is 10.5 Å². The molecular formula is C18H20ClN5O2. The van der Waals surface area contributed by atoms with Gasteiger partial charge in [-0.1, -0.05) is 11.6 Å². The van der Waals surface area contributed by atoms with Crippen molar-refractivity contribution < 1.29 is 9.21 Å². The first-order valence-electron chi connectivity index (χ1n) is 8.09. The normalized spacial score (nSPS) is 12.2. The third kappa shape index (κ3) is 4.25. The smallest absolute Gasteiger partial charge is 0.319 e. The minimum atomic E-state index is -0.314. The number of likely N-dealkylation sites (N-methyl/N-ethyl adjacent to an activating group) is 1. The molecule has 2 heterocycles. The van der Waals surface area contributed by atoms with E-state index in [1.807, 2.05) is 37.2 Å². The van der Waals surface area contributed by atoms with Gasteiger partial charge >= 0.3 is 6.03 Å². The Morgan fingerprint density at radius 2 is 2.19 bits per heavy atom. The van der Waals surface area contributed by atoms with Gasteiger partial charge in [0.25, 0.3) is 0 Å². The van der Waals surface area contributed by atoms with Crippen LogP contribution in [-0.2, 0) is 0 Å². The quantitative estimate of drug-likeness (QED) is 0.693. The van der Waals surface area contributed by atoms with Crippen LogP contribution in [0.15, 0.2) is 59.5 Å². The Kier molecular flexibility index (Phi) is 5.60. The molecule has 2 amide bonds. The molecule has 3 aromatic rings. The summed E-state index contributed by atoms with van der Waals surface area (Å²) >= 11 is 6.29. The standard InChI is InChI=1S/C18H20ClN5O2/c1-23(2)16(17-5-3-10-26-17)12-20-18(25)22-13-6-7-15(14(19)11-13)24-9-4-8-21-24/h3-11,16H,12H2,1-2H3,(H2,20,22,25). The van der Waals surface area contributed by atoms with E-state index in [1.165, 1.54) is 0 Å². The van der Waals surface area contributed by atoms with Gasteiger partial charge in [-0.25, -0.2) is 9.48 Å². The van der Waals surface area contributed by atoms with Crippen LogP contribution in [-0.4, -0.2) is 41.4 Å². The number of furan rings is 1. The Bertz CT molecular complexity index is 847. The highest BCUT2D eigenvalue weighted by Gasteiger charge is 2.18. The highest BCUT2D eigenvalue weighted by atomic mass is 35.5. The van der Waals surface area contributed by atoms with Gasteiger partial charge < -0.3 is 15.1 Å². The SMILES string of the molecule is CN(C)C(CNC(=O)Nc1ccc(-n2cccn2)c(Cl)c1)c1ccco1. The molecule has 2 N–H and O–H groups in total. The second kappa shape index (κ2) is 8.07. The molecule has 2 aromatic heterocycles. The van der Waals surface area contributed by atoms with Gasteiger partial charge in [-0.3, -0.25) is 4.90 Å². The van der Waals surface area contributed by atoms with Crippen LogP contribution in [0.2, 0.25) is 5.02 Å². The molecule has 0 bridgehead atoms. The van der Waals surface area contributed by atoms with E-state index < -0.39 is 0 Å². The van der Waals surface area contributed by atoms with Crippen LogP contribution in [0.25, 0.3) is 5.69 Å². The monoisotopic (exact) mass is 373 g/mol. The lowest BCUT2D eigenvalue weighted by Gasteiger charge is -2.22. The van der Waals surface area contributed by atoms with Gasteiger partial charge in [0.2, 0.25) is 0 Å². The molecule has 1 atom stereocenters. The van der Waals surface area contributed by atoms with Crippen LogP contribution in [0, 0.1) is 0 Å². The Hall–Kier alpha value is -2.77. The first-order valence-corrected chi connectivity index (χ1v) is 8.46. The van der Waals surface area contributed by atoms with Gasteiger partial charge in [0.1, 0.15) is 5.76 Å². The molecule has 3 rings (SSSR count). The number of aromatic nitrogens is 2. The molecule has 0 spiro atoms. The maximum absolute atomic E-state index is 12.2. The number of nitrogens with one attached hydrogen (secondary N) is 2. The lowest BCUT2D eigenvalue weighted by molar-refractivity contribution is 0.233. The summed E-state index contributed by atoms with van der Waals surface area (Å²) in [6, 6.07) is 10.4. The largest absolute Gasteiger partial charge is 0.468 e. The molecule has 8 heteroatoms. The molecule has 7 nitrogen and oxygen atoms in total. The van der Waals surface area contributed by atoms with Crippen molar-refractivity contribution in [3.8, 4) is 5.69 Å². The molecule has 0 saturated carbocycles. The lowest BCUT2D eigenvalue weighted by atomic mass is 10.2. The van der Waals surface area contributed by atoms with E-state index in [0.29, 0.717) is 17.3 Å². The highest BCUT2D eigenvalue weighted by Crippen LogP contribution is 2.24. The third-order valence-corrected chi connectivity index (χ3v) is 4.21. The summed E-state index contributed by atoms with van der Waals surface area (Å²) < 4.78 is 7.10. The number of halogens is 1. The van der Waals surface area contributed by atoms with Crippen molar-refractivity contribution in [3.05, 3.63) is 65.8 Å². The molecule has 0 aliphatic rings. The van der Waals surface area contributed by atoms with Gasteiger partial charge in [-0.05, 0) is 50.5 Å². The van der Waals surface area contributed by atoms with Crippen molar-refractivity contribution in [2.45, 2.75) is 6.04 Å². The van der Waals surface area contributed by atoms with Crippen molar-refractivity contribution in [1.29, 1.82) is 0 Å². The lowest BCUT2D eigenvalue weighted by Crippen LogP contribution is -2.36. The number of hydrogen-bond acceptors (Lipinski definition) is 4. The Labute approximate surface area is 156 Å². The minimum absolute atomic E-state index is 0.0541. The van der Waals surface area contributed by atoms with E-state index in [9.17, 15) is 4.79 Å². The fraction of sp³-hybridized carbons (Fsp3) is 0.222. The molecule has 0 aliphatic heterocycles. The predicted molar refractivity (Wildman–Crippen MR) is 101 cm³/mol. The number of benzene rings is 1. The number of urea groups is 1. The summed E-state index contributed by atoms with van der Waals surface area (Å²) in [5.41, 5.74) is 1.34. The Morgan fingerprint density at radius 3 is 2.81 bits per heavy atom. The number of anilines is 1. The van der Waals surface area contributed by atoms with Gasteiger partial charge in [-0.15, -0.1) is 0 Å². The van der Waals surface area contributed by atoms with Crippen molar-refractivity contribution in [2.24, 2.45) is 0 Å². The number of rotatable bonds is 6. The highest BCUT2D eigenvalue weighted by molar-refractivity contribution is 6.32. The maximum Gasteiger partial charge on any atom is 0.319 e. The Morgan fingerprint density at radius 1 is 1.35 bits per heavy atom. The molecule has 1 aromatic carbocycles. The van der Waals surface area contributed by atoms with E-state index in [2.05, 4.69) is 15.7 Å². The zero-order valence-corrected chi connectivity index (χ0v) is 15.3. The van der Waals surface area contributed by atoms with Crippen molar-refractivity contribution >= 4 is 23.3 Å². The van der Waals surface area contributed by atoms with Crippen LogP contribution < -0.4 is 10.6 Å². The summed E-state index contributed by atoms with van der Waals surface area (Å²) in [6.07, 6.45) is 5.10. The maximum atomic E-state index is 12.2. The first-order chi connectivity index (χ1) is 12.5. The van der Waals surface area contributed by atoms with Gasteiger partial charge in [0.05, 0.1) is 23.0 Å². The van der Waals surface area contributed by atoms with Crippen LogP contribution in [0.1, 0.15) is 11.8 Å². The molecule has 136 valence electrons. The molecule has 1 unspecified atom stereocenters. The van der Waals surface area contributed by atoms with E-state index in [-0.39, 0.29) is 12.1 Å². The van der Waals surface area contributed by atoms with Gasteiger partial charge in [0.15, 0.2) is 0 Å². The number of hydrogen-bond donors (Lipinski definition) is 2. The van der Waals surface area contributed by atoms with E-state index in [0.717, 1.165) is 11.4 Å². The predicted octanol–water partition coefficient (Wildman–Crippen LogP) is 3.54. The van der Waals surface area contributed by atoms with Crippen molar-refractivity contribution in [2.75, 3.05) is 26.0 Å². The second-order valence-electron chi connectivity index (χ2n) is 5.95. The summed E-state index contributed by atoms with van der Waals surface area (Å²) in [4.78, 5) is 14.2. The number of carbonyl (C=O) groups excluding carboxylic acids is 1. The topological polar surface area (TPSA) is 75.3 Å². The zero-order valence-electron chi connectivity index (χ0n) is 14.5. The Balaban J connectivity index is 1.60. The van der Waals surface area contributed by atoms with Crippen LogP contribution >= 0.6 is 11.6 Å². The number of amides is 2. The average Bonchev–Trinajstić information content (AvgIpc) is 3.28. The van der Waals surface area contributed by atoms with Crippen LogP contribution in [0.3, 0.4) is 0 Å². The fourth-order valence-corrected chi connectivity index (χ4v) is 2.83. The fourth-order valence-electron chi connectivity index (χ4n) is 2.56. The first kappa shape index (κ1) is 18.0. The molecular weight excluding hydrogens is 354 g/mol. The summed E-state index contributed by atoms with van der Waals surface area (Å²) in [6.45, 7) is 0.408. The van der Waals surface area contributed by atoms with Gasteiger partial charge in [-0.2, -0.15) is 5.10 Å². The number of nitrogens with zero attached hydrogens (tertiary/aromatic N) is 3. The van der Waals surface area contributed by atoms with E-state index >= 15 is 0 Å². The summed E-state index contributed by atoms with van der Waals surface area (Å²) in [5, 5.41) is 10.3. The molecule has 0 aliphatic carbocycles. The minimum Gasteiger partial charge on any atom is -0.468 e. The molecule has 0 fully saturated rings. The number of carbonyl (C=O) groups is 1. The summed E-state index contributed by atoms with van der Waals surface area (Å²) in [7, 11) is 3.86. The molecule has 0 radical (unpaired) electrons. The zero-order chi connectivity index (χ0) is 18.5. The van der Waals surface area contributed by atoms with Gasteiger partial charge in [0, 0.05) is 24.6 Å².